The summed E-state index contributed by atoms with van der Waals surface area (Å²) in [7, 11) is 0. The van der Waals surface area contributed by atoms with Crippen molar-refractivity contribution >= 4 is 39.8 Å². The van der Waals surface area contributed by atoms with Gasteiger partial charge in [-0.15, -0.1) is 0 Å². The molecule has 1 aliphatic rings. The molecule has 166 valence electrons. The Hall–Kier alpha value is -3.91. The molecule has 1 fully saturated rings. The van der Waals surface area contributed by atoms with Crippen LogP contribution in [0.15, 0.2) is 71.3 Å². The summed E-state index contributed by atoms with van der Waals surface area (Å²) in [5.74, 6) is 0.530. The fourth-order valence-electron chi connectivity index (χ4n) is 4.12. The summed E-state index contributed by atoms with van der Waals surface area (Å²) in [6.07, 6.45) is 0. The molecule has 5 rings (SSSR count). The van der Waals surface area contributed by atoms with E-state index in [9.17, 15) is 14.9 Å². The molecule has 1 amide bonds. The molecule has 1 aromatic heterocycles. The number of carbonyl (C=O) groups is 1. The monoisotopic (exact) mass is 462 g/mol. The minimum atomic E-state index is -0.433. The minimum absolute atomic E-state index is 0.0337. The van der Waals surface area contributed by atoms with Crippen LogP contribution in [0.25, 0.3) is 22.2 Å². The van der Waals surface area contributed by atoms with E-state index in [2.05, 4.69) is 5.16 Å². The third kappa shape index (κ3) is 4.01. The molecule has 33 heavy (non-hydrogen) atoms. The van der Waals surface area contributed by atoms with Crippen molar-refractivity contribution in [2.75, 3.05) is 31.1 Å². The number of nitrogens with zero attached hydrogens (tertiary/aromatic N) is 4. The minimum Gasteiger partial charge on any atom is -0.362 e. The van der Waals surface area contributed by atoms with Crippen molar-refractivity contribution in [2.24, 2.45) is 0 Å². The highest BCUT2D eigenvalue weighted by Gasteiger charge is 2.27. The summed E-state index contributed by atoms with van der Waals surface area (Å²) in [5, 5.41) is 16.6. The number of hydrogen-bond donors (Lipinski definition) is 0. The zero-order valence-corrected chi connectivity index (χ0v) is 18.2. The lowest BCUT2D eigenvalue weighted by molar-refractivity contribution is -0.384. The summed E-state index contributed by atoms with van der Waals surface area (Å²) >= 11 is 5.93. The van der Waals surface area contributed by atoms with Crippen LogP contribution in [0.4, 0.5) is 11.4 Å². The number of nitro groups is 1. The lowest BCUT2D eigenvalue weighted by atomic mass is 10.1. The predicted molar refractivity (Wildman–Crippen MR) is 126 cm³/mol. The van der Waals surface area contributed by atoms with Crippen LogP contribution < -0.4 is 4.90 Å². The maximum Gasteiger partial charge on any atom is 0.294 e. The first-order valence-corrected chi connectivity index (χ1v) is 10.8. The molecule has 1 saturated heterocycles. The number of piperazine rings is 1. The molecule has 3 aromatic carbocycles. The molecule has 4 aromatic rings. The number of hydrogen-bond acceptors (Lipinski definition) is 6. The van der Waals surface area contributed by atoms with E-state index < -0.39 is 4.92 Å². The number of halogens is 1. The lowest BCUT2D eigenvalue weighted by Crippen LogP contribution is -2.49. The van der Waals surface area contributed by atoms with Crippen molar-refractivity contribution in [1.29, 1.82) is 0 Å². The summed E-state index contributed by atoms with van der Waals surface area (Å²) in [6.45, 7) is 1.87. The molecule has 0 spiro atoms. The average molecular weight is 463 g/mol. The van der Waals surface area contributed by atoms with Crippen molar-refractivity contribution < 1.29 is 14.2 Å². The smallest absolute Gasteiger partial charge is 0.294 e. The second-order valence-electron chi connectivity index (χ2n) is 7.78. The van der Waals surface area contributed by atoms with Crippen LogP contribution in [0, 0.1) is 10.1 Å². The Morgan fingerprint density at radius 3 is 2.48 bits per heavy atom. The van der Waals surface area contributed by atoms with Gasteiger partial charge in [-0.05, 0) is 30.3 Å². The molecule has 2 heterocycles. The molecule has 0 saturated carbocycles. The van der Waals surface area contributed by atoms with Gasteiger partial charge in [0.25, 0.3) is 11.6 Å². The van der Waals surface area contributed by atoms with E-state index in [4.69, 9.17) is 16.1 Å². The Labute approximate surface area is 194 Å². The fraction of sp³-hybridized carbons (Fsp3) is 0.167. The number of benzene rings is 3. The van der Waals surface area contributed by atoms with Crippen LogP contribution in [0.1, 0.15) is 10.4 Å². The highest BCUT2D eigenvalue weighted by molar-refractivity contribution is 6.30. The lowest BCUT2D eigenvalue weighted by Gasteiger charge is -2.35. The van der Waals surface area contributed by atoms with Crippen molar-refractivity contribution in [3.63, 3.8) is 0 Å². The predicted octanol–water partition coefficient (Wildman–Crippen LogP) is 5.02. The first-order valence-electron chi connectivity index (χ1n) is 10.4. The van der Waals surface area contributed by atoms with Gasteiger partial charge < -0.3 is 14.3 Å². The van der Waals surface area contributed by atoms with E-state index in [1.807, 2.05) is 41.3 Å². The molecule has 0 N–H and O–H groups in total. The Kier molecular flexibility index (Phi) is 5.43. The first-order chi connectivity index (χ1) is 16.0. The van der Waals surface area contributed by atoms with Crippen molar-refractivity contribution in [3.8, 4) is 11.3 Å². The number of anilines is 1. The molecule has 0 aliphatic carbocycles. The van der Waals surface area contributed by atoms with Gasteiger partial charge in [-0.1, -0.05) is 47.1 Å². The van der Waals surface area contributed by atoms with Gasteiger partial charge in [-0.3, -0.25) is 14.9 Å². The first kappa shape index (κ1) is 21.0. The Morgan fingerprint density at radius 1 is 1.00 bits per heavy atom. The zero-order chi connectivity index (χ0) is 22.9. The molecular weight excluding hydrogens is 444 g/mol. The zero-order valence-electron chi connectivity index (χ0n) is 17.5. The van der Waals surface area contributed by atoms with E-state index in [-0.39, 0.29) is 11.6 Å². The highest BCUT2D eigenvalue weighted by Crippen LogP contribution is 2.32. The third-order valence-electron chi connectivity index (χ3n) is 5.80. The van der Waals surface area contributed by atoms with E-state index >= 15 is 0 Å². The van der Waals surface area contributed by atoms with Crippen LogP contribution in [0.3, 0.4) is 0 Å². The molecular formula is C24H19ClN4O4. The quantitative estimate of drug-likeness (QED) is 0.312. The molecule has 0 radical (unpaired) electrons. The van der Waals surface area contributed by atoms with E-state index in [0.29, 0.717) is 53.7 Å². The number of amides is 1. The number of fused-ring (bicyclic) bond motifs is 1. The summed E-state index contributed by atoms with van der Waals surface area (Å²) in [5.41, 5.74) is 2.60. The maximum absolute atomic E-state index is 13.2. The van der Waals surface area contributed by atoms with Gasteiger partial charge in [-0.25, -0.2) is 0 Å². The number of nitro benzene ring substituents is 1. The van der Waals surface area contributed by atoms with E-state index in [1.165, 1.54) is 6.07 Å². The van der Waals surface area contributed by atoms with Crippen LogP contribution in [0.5, 0.6) is 0 Å². The topological polar surface area (TPSA) is 92.7 Å². The fourth-order valence-corrected chi connectivity index (χ4v) is 4.28. The summed E-state index contributed by atoms with van der Waals surface area (Å²) in [6, 6.07) is 19.6. The van der Waals surface area contributed by atoms with Gasteiger partial charge in [0.05, 0.1) is 10.3 Å². The second kappa shape index (κ2) is 8.55. The molecule has 0 unspecified atom stereocenters. The van der Waals surface area contributed by atoms with Crippen molar-refractivity contribution in [3.05, 3.63) is 87.4 Å². The van der Waals surface area contributed by atoms with Gasteiger partial charge in [0, 0.05) is 48.4 Å². The van der Waals surface area contributed by atoms with Crippen molar-refractivity contribution in [1.82, 2.24) is 10.1 Å². The molecule has 0 bridgehead atoms. The number of rotatable bonds is 4. The Bertz CT molecular complexity index is 1350. The number of aromatic nitrogens is 1. The van der Waals surface area contributed by atoms with Crippen LogP contribution in [0.2, 0.25) is 5.02 Å². The Morgan fingerprint density at radius 2 is 1.76 bits per heavy atom. The summed E-state index contributed by atoms with van der Waals surface area (Å²) < 4.78 is 5.54. The molecule has 8 nitrogen and oxygen atoms in total. The van der Waals surface area contributed by atoms with Crippen LogP contribution >= 0.6 is 11.6 Å². The van der Waals surface area contributed by atoms with Crippen LogP contribution in [-0.2, 0) is 0 Å². The van der Waals surface area contributed by atoms with Gasteiger partial charge in [0.15, 0.2) is 5.76 Å². The van der Waals surface area contributed by atoms with Gasteiger partial charge in [0.1, 0.15) is 11.2 Å². The SMILES string of the molecule is O=C(c1ccc2noc(-c3ccccc3)c2c1)N1CCN(c2ccc(Cl)cc2[N+](=O)[O-])CC1. The van der Waals surface area contributed by atoms with Crippen molar-refractivity contribution in [2.45, 2.75) is 0 Å². The second-order valence-corrected chi connectivity index (χ2v) is 8.22. The maximum atomic E-state index is 13.2. The van der Waals surface area contributed by atoms with Gasteiger partial charge >= 0.3 is 0 Å². The molecule has 0 atom stereocenters. The Balaban J connectivity index is 1.35. The average Bonchev–Trinajstić information content (AvgIpc) is 3.27. The van der Waals surface area contributed by atoms with Gasteiger partial charge in [0.2, 0.25) is 0 Å². The third-order valence-corrected chi connectivity index (χ3v) is 6.04. The number of carbonyl (C=O) groups excluding carboxylic acids is 1. The highest BCUT2D eigenvalue weighted by atomic mass is 35.5. The summed E-state index contributed by atoms with van der Waals surface area (Å²) in [4.78, 5) is 27.9. The largest absolute Gasteiger partial charge is 0.362 e. The molecule has 9 heteroatoms. The van der Waals surface area contributed by atoms with Gasteiger partial charge in [-0.2, -0.15) is 0 Å². The standard InChI is InChI=1S/C24H19ClN4O4/c25-18-7-9-21(22(15-18)29(31)32)27-10-12-28(13-11-27)24(30)17-6-8-20-19(14-17)23(33-26-20)16-4-2-1-3-5-16/h1-9,14-15H,10-13H2. The van der Waals surface area contributed by atoms with Crippen LogP contribution in [-0.4, -0.2) is 47.1 Å². The molecule has 1 aliphatic heterocycles. The normalized spacial score (nSPS) is 14.0. The van der Waals surface area contributed by atoms with E-state index in [1.54, 1.807) is 29.2 Å². The van der Waals surface area contributed by atoms with E-state index in [0.717, 1.165) is 10.9 Å².